The Kier molecular flexibility index (Phi) is 6.20. The van der Waals surface area contributed by atoms with Gasteiger partial charge in [0.2, 0.25) is 0 Å². The molecular weight excluding hydrogens is 532 g/mol. The van der Waals surface area contributed by atoms with Crippen LogP contribution in [-0.4, -0.2) is 43.5 Å². The lowest BCUT2D eigenvalue weighted by molar-refractivity contribution is -0.154. The van der Waals surface area contributed by atoms with Crippen LogP contribution in [0.3, 0.4) is 0 Å². The van der Waals surface area contributed by atoms with Gasteiger partial charge in [-0.3, -0.25) is 4.79 Å². The fourth-order valence-corrected chi connectivity index (χ4v) is 7.48. The topological polar surface area (TPSA) is 106 Å². The number of hydrogen-bond acceptors (Lipinski definition) is 8. The minimum Gasteiger partial charge on any atom is -0.466 e. The molecule has 0 unspecified atom stereocenters. The van der Waals surface area contributed by atoms with E-state index in [2.05, 4.69) is 38.5 Å². The van der Waals surface area contributed by atoms with Crippen LogP contribution in [0.25, 0.3) is 43.2 Å². The van der Waals surface area contributed by atoms with Crippen molar-refractivity contribution >= 4 is 56.0 Å². The Hall–Kier alpha value is -3.56. The van der Waals surface area contributed by atoms with Gasteiger partial charge in [0.05, 0.1) is 34.9 Å². The first kappa shape index (κ1) is 24.5. The molecule has 2 bridgehead atoms. The van der Waals surface area contributed by atoms with Crippen molar-refractivity contribution in [2.45, 2.75) is 38.6 Å². The number of anilines is 1. The lowest BCUT2D eigenvalue weighted by Gasteiger charge is -2.47. The molecule has 0 amide bonds. The summed E-state index contributed by atoms with van der Waals surface area (Å²) in [5, 5.41) is 5.16. The fourth-order valence-electron chi connectivity index (χ4n) is 6.32. The van der Waals surface area contributed by atoms with Crippen molar-refractivity contribution in [3.8, 4) is 22.0 Å². The lowest BCUT2D eigenvalue weighted by atomic mass is 9.61. The van der Waals surface area contributed by atoms with Crippen molar-refractivity contribution in [2.24, 2.45) is 17.8 Å². The quantitative estimate of drug-likeness (QED) is 0.222. The smallest absolute Gasteiger partial charge is 0.311 e. The van der Waals surface area contributed by atoms with E-state index in [1.165, 1.54) is 16.3 Å². The Morgan fingerprint density at radius 3 is 2.77 bits per heavy atom. The molecule has 10 heteroatoms. The molecule has 4 aromatic heterocycles. The molecule has 0 saturated heterocycles. The van der Waals surface area contributed by atoms with Crippen LogP contribution in [0.4, 0.5) is 5.82 Å². The van der Waals surface area contributed by atoms with E-state index in [9.17, 15) is 4.79 Å². The van der Waals surface area contributed by atoms with Gasteiger partial charge in [-0.05, 0) is 62.0 Å². The van der Waals surface area contributed by atoms with Crippen molar-refractivity contribution in [1.82, 2.24) is 24.9 Å². The summed E-state index contributed by atoms with van der Waals surface area (Å²) in [6, 6.07) is 12.4. The van der Waals surface area contributed by atoms with Crippen LogP contribution in [0.1, 0.15) is 32.6 Å². The molecule has 3 fully saturated rings. The predicted octanol–water partition coefficient (Wildman–Crippen LogP) is 6.73. The van der Waals surface area contributed by atoms with Crippen LogP contribution >= 0.6 is 22.9 Å². The molecule has 5 aromatic rings. The maximum absolute atomic E-state index is 13.1. The number of carbonyl (C=O) groups is 1. The zero-order valence-electron chi connectivity index (χ0n) is 21.4. The van der Waals surface area contributed by atoms with Crippen LogP contribution in [-0.2, 0) is 9.53 Å². The first-order chi connectivity index (χ1) is 19.1. The van der Waals surface area contributed by atoms with Crippen molar-refractivity contribution in [2.75, 3.05) is 11.9 Å². The number of H-pyrrole nitrogens is 1. The number of nitrogens with one attached hydrogen (secondary N) is 2. The molecule has 1 aromatic carbocycles. The molecule has 8 rings (SSSR count). The zero-order valence-corrected chi connectivity index (χ0v) is 22.9. The highest BCUT2D eigenvalue weighted by molar-refractivity contribution is 7.22. The van der Waals surface area contributed by atoms with Gasteiger partial charge < -0.3 is 15.0 Å². The van der Waals surface area contributed by atoms with Crippen LogP contribution in [0.2, 0.25) is 5.15 Å². The summed E-state index contributed by atoms with van der Waals surface area (Å²) in [7, 11) is 0. The Labute approximate surface area is 234 Å². The van der Waals surface area contributed by atoms with Crippen LogP contribution in [0.15, 0.2) is 48.8 Å². The standard InChI is InChI=1S/C29H27ClN6O2S/c1-2-38-29(37)24-15-7-9-16(10-8-15)25(24)35-23-12-19(21-11-17-5-3-4-6-20(17)39-21)33-27(36-23)18-13-31-28-26(18)34-22(30)14-32-28/h3-6,11-16,24-25H,2,7-10H2,1H3,(H,31,32)(H,33,35,36)/t15?,16?,24-,25-/m1/s1. The van der Waals surface area contributed by atoms with Crippen LogP contribution < -0.4 is 5.32 Å². The van der Waals surface area contributed by atoms with E-state index in [4.69, 9.17) is 26.3 Å². The molecule has 3 aliphatic rings. The molecule has 3 saturated carbocycles. The highest BCUT2D eigenvalue weighted by Crippen LogP contribution is 2.47. The fraction of sp³-hybridized carbons (Fsp3) is 0.345. The van der Waals surface area contributed by atoms with E-state index in [0.29, 0.717) is 46.4 Å². The number of benzene rings is 1. The van der Waals surface area contributed by atoms with Gasteiger partial charge in [-0.1, -0.05) is 29.8 Å². The minimum atomic E-state index is -0.179. The second-order valence-corrected chi connectivity index (χ2v) is 11.8. The molecule has 0 aliphatic heterocycles. The third kappa shape index (κ3) is 4.43. The highest BCUT2D eigenvalue weighted by atomic mass is 35.5. The van der Waals surface area contributed by atoms with E-state index in [0.717, 1.165) is 41.8 Å². The number of fused-ring (bicyclic) bond motifs is 5. The average molecular weight is 559 g/mol. The van der Waals surface area contributed by atoms with E-state index in [1.807, 2.05) is 31.3 Å². The molecule has 198 valence electrons. The van der Waals surface area contributed by atoms with E-state index < -0.39 is 0 Å². The maximum Gasteiger partial charge on any atom is 0.311 e. The molecule has 0 spiro atoms. The number of ether oxygens (including phenoxy) is 1. The Balaban J connectivity index is 1.34. The van der Waals surface area contributed by atoms with Crippen molar-refractivity contribution in [1.29, 1.82) is 0 Å². The van der Waals surface area contributed by atoms with Gasteiger partial charge in [-0.15, -0.1) is 11.3 Å². The maximum atomic E-state index is 13.1. The molecule has 8 nitrogen and oxygen atoms in total. The number of carbonyl (C=O) groups excluding carboxylic acids is 1. The number of rotatable bonds is 6. The van der Waals surface area contributed by atoms with E-state index >= 15 is 0 Å². The average Bonchev–Trinajstić information content (AvgIpc) is 3.58. The number of aromatic nitrogens is 5. The van der Waals surface area contributed by atoms with E-state index in [-0.39, 0.29) is 17.9 Å². The van der Waals surface area contributed by atoms with Gasteiger partial charge in [-0.25, -0.2) is 19.9 Å². The van der Waals surface area contributed by atoms with Crippen LogP contribution in [0.5, 0.6) is 0 Å². The summed E-state index contributed by atoms with van der Waals surface area (Å²) in [6.45, 7) is 2.25. The highest BCUT2D eigenvalue weighted by Gasteiger charge is 2.48. The number of halogens is 1. The second kappa shape index (κ2) is 9.88. The number of aromatic amines is 1. The molecular formula is C29H27ClN6O2S. The van der Waals surface area contributed by atoms with Gasteiger partial charge >= 0.3 is 5.97 Å². The van der Waals surface area contributed by atoms with Gasteiger partial charge in [0.25, 0.3) is 0 Å². The number of hydrogen-bond donors (Lipinski definition) is 2. The first-order valence-corrected chi connectivity index (χ1v) is 14.6. The van der Waals surface area contributed by atoms with Gasteiger partial charge in [0.15, 0.2) is 11.5 Å². The zero-order chi connectivity index (χ0) is 26.5. The first-order valence-electron chi connectivity index (χ1n) is 13.4. The molecule has 39 heavy (non-hydrogen) atoms. The number of esters is 1. The Bertz CT molecular complexity index is 1660. The second-order valence-electron chi connectivity index (χ2n) is 10.3. The minimum absolute atomic E-state index is 0.0354. The van der Waals surface area contributed by atoms with Gasteiger partial charge in [0.1, 0.15) is 16.5 Å². The van der Waals surface area contributed by atoms with Crippen molar-refractivity contribution in [3.05, 3.63) is 53.9 Å². The summed E-state index contributed by atoms with van der Waals surface area (Å²) in [5.41, 5.74) is 2.76. The summed E-state index contributed by atoms with van der Waals surface area (Å²) >= 11 is 7.88. The molecule has 2 N–H and O–H groups in total. The summed E-state index contributed by atoms with van der Waals surface area (Å²) in [6.07, 6.45) is 7.69. The normalized spacial score (nSPS) is 22.4. The largest absolute Gasteiger partial charge is 0.466 e. The van der Waals surface area contributed by atoms with E-state index in [1.54, 1.807) is 11.3 Å². The SMILES string of the molecule is CCOC(=O)[C@@H]1C2CCC(CC2)[C@H]1Nc1cc(-c2cc3ccccc3s2)nc(-c2c[nH]c3ncc(Cl)nc23)n1. The number of nitrogens with zero attached hydrogens (tertiary/aromatic N) is 4. The summed E-state index contributed by atoms with van der Waals surface area (Å²) in [4.78, 5) is 36.1. The van der Waals surface area contributed by atoms with Gasteiger partial charge in [-0.2, -0.15) is 0 Å². The summed E-state index contributed by atoms with van der Waals surface area (Å²) in [5.74, 6) is 1.65. The number of thiophene rings is 1. The molecule has 4 heterocycles. The third-order valence-corrected chi connectivity index (χ3v) is 9.41. The molecule has 3 aliphatic carbocycles. The monoisotopic (exact) mass is 558 g/mol. The molecule has 0 radical (unpaired) electrons. The van der Waals surface area contributed by atoms with Gasteiger partial charge in [0, 0.05) is 23.0 Å². The molecule has 2 atom stereocenters. The van der Waals surface area contributed by atoms with Crippen molar-refractivity contribution in [3.63, 3.8) is 0 Å². The van der Waals surface area contributed by atoms with Crippen LogP contribution in [0, 0.1) is 17.8 Å². The van der Waals surface area contributed by atoms with Crippen molar-refractivity contribution < 1.29 is 9.53 Å². The third-order valence-electron chi connectivity index (χ3n) is 8.09. The predicted molar refractivity (Wildman–Crippen MR) is 154 cm³/mol. The lowest BCUT2D eigenvalue weighted by Crippen LogP contribution is -2.52. The Morgan fingerprint density at radius 1 is 1.13 bits per heavy atom. The Morgan fingerprint density at radius 2 is 1.95 bits per heavy atom. The summed E-state index contributed by atoms with van der Waals surface area (Å²) < 4.78 is 6.72.